The summed E-state index contributed by atoms with van der Waals surface area (Å²) in [6, 6.07) is 26.1. The minimum Gasteiger partial charge on any atom is -0.573 e. The van der Waals surface area contributed by atoms with Crippen LogP contribution in [0, 0.1) is 35.4 Å². The molecule has 0 aliphatic carbocycles. The average Bonchev–Trinajstić information content (AvgIpc) is 3.91. The Hall–Kier alpha value is -5.86. The van der Waals surface area contributed by atoms with E-state index >= 15 is 8.78 Å². The second-order valence-corrected chi connectivity index (χ2v) is 12.7. The number of halogens is 10. The fraction of sp³-hybridized carbons (Fsp3) is 0.0732. The van der Waals surface area contributed by atoms with Crippen LogP contribution in [0.25, 0.3) is 45.3 Å². The molecule has 0 saturated heterocycles. The molecule has 0 saturated carbocycles. The van der Waals surface area contributed by atoms with Crippen LogP contribution in [0.4, 0.5) is 43.9 Å². The molecule has 0 radical (unpaired) electrons. The molecule has 0 aliphatic heterocycles. The summed E-state index contributed by atoms with van der Waals surface area (Å²) in [4.78, 5) is 18.9. The van der Waals surface area contributed by atoms with Gasteiger partial charge in [0.1, 0.15) is 16.8 Å². The van der Waals surface area contributed by atoms with Crippen molar-refractivity contribution in [3.05, 3.63) is 179 Å². The minimum absolute atomic E-state index is 0. The third-order valence-electron chi connectivity index (χ3n) is 8.94. The Morgan fingerprint density at radius 3 is 1.07 bits per heavy atom. The van der Waals surface area contributed by atoms with Crippen LogP contribution < -0.4 is 10.2 Å². The summed E-state index contributed by atoms with van der Waals surface area (Å²) in [5.41, 5.74) is -6.77. The van der Waals surface area contributed by atoms with Crippen molar-refractivity contribution in [2.24, 2.45) is 0 Å². The van der Waals surface area contributed by atoms with Crippen LogP contribution in [0.2, 0.25) is 0 Å². The Labute approximate surface area is 366 Å². The Morgan fingerprint density at radius 1 is 0.426 bits per heavy atom. The topological polar surface area (TPSA) is 106 Å². The van der Waals surface area contributed by atoms with Gasteiger partial charge in [-0.05, 0) is 59.9 Å². The number of alkyl halides is 6. The summed E-state index contributed by atoms with van der Waals surface area (Å²) in [7, 11) is 0. The van der Waals surface area contributed by atoms with E-state index in [0.29, 0.717) is 24.3 Å². The molecular weight excluding hydrogens is 1180 g/mol. The molecule has 20 heteroatoms. The standard InChI is InChI=1S/C41H18F10N8.2Pt/c42-21-13-15-23(25(44)17-21)27-5-1-9-33(52-27)39(34-10-2-6-28(53-34)24-16-14-22(43)18-26(24)45,35-11-3-7-29(54-35)31-19-37(58-56-31)40(46,47)48)36-12-4-8-30(55-36)32-20-38(59-57-32)41(49,50)51;;/h1-14,17-20H;;/q-4;2*+2. The summed E-state index contributed by atoms with van der Waals surface area (Å²) < 4.78 is 140. The van der Waals surface area contributed by atoms with Crippen LogP contribution in [0.15, 0.2) is 109 Å². The molecule has 0 bridgehead atoms. The first-order valence-electron chi connectivity index (χ1n) is 16.9. The monoisotopic (exact) mass is 1200 g/mol. The quantitative estimate of drug-likeness (QED) is 0.110. The van der Waals surface area contributed by atoms with Crippen LogP contribution >= 0.6 is 0 Å². The van der Waals surface area contributed by atoms with Crippen LogP contribution in [0.5, 0.6) is 0 Å². The molecule has 312 valence electrons. The van der Waals surface area contributed by atoms with Gasteiger partial charge in [0, 0.05) is 34.7 Å². The molecular formula is C41H18F10N8Pt2. The zero-order valence-electron chi connectivity index (χ0n) is 29.9. The molecule has 0 atom stereocenters. The Morgan fingerprint density at radius 2 is 0.754 bits per heavy atom. The predicted octanol–water partition coefficient (Wildman–Crippen LogP) is 9.21. The Bertz CT molecular complexity index is 2670. The SMILES string of the molecule is Fc1c[c-]c(-c2cccc(C(c3cccc(-c4cc(C(F)(F)F)n[n-]4)n3)(c3cccc(-c4cc(C(F)(F)F)n[n-]4)n3)c3cccc(-c4[c-]cc(F)cc4F)n3)n2)c(F)c1.[Pt+2].[Pt+2]. The van der Waals surface area contributed by atoms with E-state index in [-0.39, 0.29) is 110 Å². The number of rotatable bonds is 8. The fourth-order valence-electron chi connectivity index (χ4n) is 6.33. The van der Waals surface area contributed by atoms with Crippen molar-refractivity contribution < 1.29 is 86.0 Å². The summed E-state index contributed by atoms with van der Waals surface area (Å²) in [6.07, 6.45) is -9.72. The summed E-state index contributed by atoms with van der Waals surface area (Å²) in [6.45, 7) is 0. The van der Waals surface area contributed by atoms with Crippen molar-refractivity contribution in [1.29, 1.82) is 0 Å². The van der Waals surface area contributed by atoms with Crippen molar-refractivity contribution >= 4 is 0 Å². The molecule has 61 heavy (non-hydrogen) atoms. The maximum Gasteiger partial charge on any atom is 2.00 e. The first kappa shape index (κ1) is 44.7. The number of hydrogen-bond acceptors (Lipinski definition) is 6. The predicted molar refractivity (Wildman–Crippen MR) is 187 cm³/mol. The van der Waals surface area contributed by atoms with Crippen LogP contribution in [-0.2, 0) is 59.9 Å². The maximum absolute atomic E-state index is 15.3. The zero-order chi connectivity index (χ0) is 41.7. The van der Waals surface area contributed by atoms with Gasteiger partial charge < -0.3 is 20.4 Å². The van der Waals surface area contributed by atoms with Gasteiger partial charge in [-0.1, -0.05) is 71.0 Å². The van der Waals surface area contributed by atoms with E-state index in [9.17, 15) is 35.1 Å². The molecule has 0 N–H and O–H groups in total. The van der Waals surface area contributed by atoms with Crippen LogP contribution in [0.1, 0.15) is 34.2 Å². The molecule has 2 aromatic carbocycles. The van der Waals surface area contributed by atoms with Crippen molar-refractivity contribution in [3.63, 3.8) is 0 Å². The maximum atomic E-state index is 15.3. The largest absolute Gasteiger partial charge is 2.00 e. The zero-order valence-corrected chi connectivity index (χ0v) is 34.4. The number of nitrogens with zero attached hydrogens (tertiary/aromatic N) is 8. The fourth-order valence-corrected chi connectivity index (χ4v) is 6.33. The minimum atomic E-state index is -4.86. The van der Waals surface area contributed by atoms with Gasteiger partial charge in [0.2, 0.25) is 0 Å². The van der Waals surface area contributed by atoms with Gasteiger partial charge in [-0.3, -0.25) is 37.5 Å². The van der Waals surface area contributed by atoms with Gasteiger partial charge in [-0.2, -0.15) is 26.3 Å². The number of pyridine rings is 4. The third-order valence-corrected chi connectivity index (χ3v) is 8.94. The molecule has 0 spiro atoms. The smallest absolute Gasteiger partial charge is 0.573 e. The van der Waals surface area contributed by atoms with Crippen molar-refractivity contribution in [2.75, 3.05) is 0 Å². The van der Waals surface area contributed by atoms with Gasteiger partial charge in [0.05, 0.1) is 22.8 Å². The molecule has 0 amide bonds. The van der Waals surface area contributed by atoms with Gasteiger partial charge in [-0.25, -0.2) is 0 Å². The van der Waals surface area contributed by atoms with Gasteiger partial charge in [0.15, 0.2) is 0 Å². The van der Waals surface area contributed by atoms with Crippen molar-refractivity contribution in [3.8, 4) is 45.3 Å². The number of hydrogen-bond donors (Lipinski definition) is 0. The second kappa shape index (κ2) is 17.2. The summed E-state index contributed by atoms with van der Waals surface area (Å²) in [5.74, 6) is -3.96. The van der Waals surface area contributed by atoms with E-state index in [4.69, 9.17) is 19.9 Å². The van der Waals surface area contributed by atoms with Crippen molar-refractivity contribution in [2.45, 2.75) is 17.8 Å². The number of aromatic nitrogens is 8. The number of benzene rings is 2. The molecule has 8 aromatic rings. The normalized spacial score (nSPS) is 11.8. The molecule has 8 nitrogen and oxygen atoms in total. The summed E-state index contributed by atoms with van der Waals surface area (Å²) >= 11 is 0. The van der Waals surface area contributed by atoms with Gasteiger partial charge in [-0.15, -0.1) is 24.3 Å². The third kappa shape index (κ3) is 8.69. The van der Waals surface area contributed by atoms with Crippen LogP contribution in [0.3, 0.4) is 0 Å². The molecule has 0 fully saturated rings. The van der Waals surface area contributed by atoms with E-state index in [1.54, 1.807) is 0 Å². The van der Waals surface area contributed by atoms with E-state index in [0.717, 1.165) is 12.1 Å². The molecule has 6 heterocycles. The van der Waals surface area contributed by atoms with E-state index in [2.05, 4.69) is 32.5 Å². The Kier molecular flexibility index (Phi) is 12.6. The van der Waals surface area contributed by atoms with Gasteiger partial charge >= 0.3 is 54.5 Å². The van der Waals surface area contributed by atoms with E-state index in [1.165, 1.54) is 72.8 Å². The second-order valence-electron chi connectivity index (χ2n) is 12.7. The van der Waals surface area contributed by atoms with Gasteiger partial charge in [0.25, 0.3) is 0 Å². The van der Waals surface area contributed by atoms with E-state index in [1.807, 2.05) is 0 Å². The first-order chi connectivity index (χ1) is 28.1. The van der Waals surface area contributed by atoms with Crippen molar-refractivity contribution in [1.82, 2.24) is 40.3 Å². The molecule has 0 unspecified atom stereocenters. The molecule has 0 aliphatic rings. The molecule has 8 rings (SSSR count). The van der Waals surface area contributed by atoms with Crippen LogP contribution in [-0.4, -0.2) is 30.1 Å². The van der Waals surface area contributed by atoms with E-state index < -0.39 is 52.4 Å². The average molecular weight is 1200 g/mol. The Balaban J connectivity index is 0.00000311. The molecule has 6 aromatic heterocycles. The first-order valence-corrected chi connectivity index (χ1v) is 16.9. The summed E-state index contributed by atoms with van der Waals surface area (Å²) in [5, 5.41) is 13.8.